The van der Waals surface area contributed by atoms with Crippen molar-refractivity contribution in [3.8, 4) is 0 Å². The summed E-state index contributed by atoms with van der Waals surface area (Å²) in [7, 11) is 1.23. The van der Waals surface area contributed by atoms with Gasteiger partial charge in [-0.25, -0.2) is 14.0 Å². The molecule has 0 aliphatic rings. The van der Waals surface area contributed by atoms with E-state index in [0.717, 1.165) is 11.8 Å². The van der Waals surface area contributed by atoms with Gasteiger partial charge in [0.2, 0.25) is 0 Å². The number of halogens is 1. The average Bonchev–Trinajstić information content (AvgIpc) is 2.24. The summed E-state index contributed by atoms with van der Waals surface area (Å²) in [6.45, 7) is 5.16. The van der Waals surface area contributed by atoms with Crippen LogP contribution in [0.5, 0.6) is 0 Å². The third-order valence-corrected chi connectivity index (χ3v) is 2.48. The number of thioether (sulfide) groups is 1. The molecule has 0 fully saturated rings. The normalized spacial score (nSPS) is 12.7. The molecule has 0 aliphatic heterocycles. The molecule has 18 heavy (non-hydrogen) atoms. The van der Waals surface area contributed by atoms with Gasteiger partial charge in [-0.3, -0.25) is 0 Å². The molecule has 0 aliphatic carbocycles. The van der Waals surface area contributed by atoms with Gasteiger partial charge in [-0.2, -0.15) is 0 Å². The Hall–Kier alpha value is -0.980. The molecule has 0 radical (unpaired) electrons. The number of ether oxygens (including phenoxy) is 2. The monoisotopic (exact) mass is 281 g/mol. The molecule has 0 saturated heterocycles. The molecule has 7 heteroatoms. The third-order valence-electron chi connectivity index (χ3n) is 1.80. The van der Waals surface area contributed by atoms with E-state index in [2.05, 4.69) is 10.1 Å². The molecule has 0 bridgehead atoms. The minimum Gasteiger partial charge on any atom is -0.467 e. The van der Waals surface area contributed by atoms with Crippen molar-refractivity contribution in [1.29, 1.82) is 0 Å². The zero-order valence-electron chi connectivity index (χ0n) is 11.1. The number of carbonyl (C=O) groups is 2. The summed E-state index contributed by atoms with van der Waals surface area (Å²) < 4.78 is 21.5. The second-order valence-electron chi connectivity index (χ2n) is 4.53. The first-order chi connectivity index (χ1) is 8.30. The number of alkyl halides is 1. The quantitative estimate of drug-likeness (QED) is 0.596. The number of esters is 1. The number of methoxy groups -OCH3 is 1. The van der Waals surface area contributed by atoms with Crippen molar-refractivity contribution in [3.05, 3.63) is 0 Å². The van der Waals surface area contributed by atoms with E-state index in [4.69, 9.17) is 4.74 Å². The summed E-state index contributed by atoms with van der Waals surface area (Å²) in [6, 6.07) is -1.34. The van der Waals surface area contributed by atoms with E-state index in [1.54, 1.807) is 20.8 Å². The molecule has 1 amide bonds. The SMILES string of the molecule is COC(=O)C(CCSCF)NC(=O)OC(C)(C)C. The van der Waals surface area contributed by atoms with E-state index in [-0.39, 0.29) is 0 Å². The van der Waals surface area contributed by atoms with Gasteiger partial charge in [0.1, 0.15) is 17.6 Å². The van der Waals surface area contributed by atoms with Crippen molar-refractivity contribution in [3.63, 3.8) is 0 Å². The highest BCUT2D eigenvalue weighted by Crippen LogP contribution is 2.09. The Kier molecular flexibility index (Phi) is 7.73. The first-order valence-electron chi connectivity index (χ1n) is 5.51. The fraction of sp³-hybridized carbons (Fsp3) is 0.818. The molecular weight excluding hydrogens is 261 g/mol. The van der Waals surface area contributed by atoms with Crippen LogP contribution in [0, 0.1) is 0 Å². The molecule has 0 aromatic carbocycles. The second kappa shape index (κ2) is 8.18. The van der Waals surface area contributed by atoms with Crippen LogP contribution in [0.15, 0.2) is 0 Å². The van der Waals surface area contributed by atoms with Crippen LogP contribution in [-0.4, -0.2) is 42.6 Å². The molecular formula is C11H20FNO4S. The van der Waals surface area contributed by atoms with E-state index < -0.39 is 29.7 Å². The summed E-state index contributed by atoms with van der Waals surface area (Å²) in [4.78, 5) is 22.9. The maximum atomic E-state index is 11.9. The molecule has 1 unspecified atom stereocenters. The molecule has 0 aromatic heterocycles. The lowest BCUT2D eigenvalue weighted by atomic mass is 10.2. The van der Waals surface area contributed by atoms with Crippen molar-refractivity contribution < 1.29 is 23.5 Å². The highest BCUT2D eigenvalue weighted by Gasteiger charge is 2.24. The van der Waals surface area contributed by atoms with Gasteiger partial charge in [0.05, 0.1) is 7.11 Å². The zero-order valence-corrected chi connectivity index (χ0v) is 11.9. The van der Waals surface area contributed by atoms with Gasteiger partial charge in [0.25, 0.3) is 0 Å². The average molecular weight is 281 g/mol. The molecule has 0 aromatic rings. The van der Waals surface area contributed by atoms with Gasteiger partial charge < -0.3 is 14.8 Å². The Labute approximate surface area is 111 Å². The number of alkyl carbamates (subject to hydrolysis) is 1. The van der Waals surface area contributed by atoms with E-state index in [0.29, 0.717) is 12.2 Å². The number of hydrogen-bond donors (Lipinski definition) is 1. The number of hydrogen-bond acceptors (Lipinski definition) is 5. The van der Waals surface area contributed by atoms with E-state index in [1.807, 2.05) is 0 Å². The van der Waals surface area contributed by atoms with Gasteiger partial charge in [-0.15, -0.1) is 11.8 Å². The smallest absolute Gasteiger partial charge is 0.408 e. The van der Waals surface area contributed by atoms with Crippen LogP contribution in [0.4, 0.5) is 9.18 Å². The molecule has 5 nitrogen and oxygen atoms in total. The first kappa shape index (κ1) is 17.0. The lowest BCUT2D eigenvalue weighted by Crippen LogP contribution is -2.44. The van der Waals surface area contributed by atoms with Gasteiger partial charge in [0.15, 0.2) is 0 Å². The van der Waals surface area contributed by atoms with Crippen molar-refractivity contribution in [2.24, 2.45) is 0 Å². The number of amides is 1. The van der Waals surface area contributed by atoms with Gasteiger partial charge in [0, 0.05) is 0 Å². The Bertz CT molecular complexity index is 281. The number of carbonyl (C=O) groups excluding carboxylic acids is 2. The maximum Gasteiger partial charge on any atom is 0.408 e. The fourth-order valence-electron chi connectivity index (χ4n) is 1.10. The van der Waals surface area contributed by atoms with E-state index >= 15 is 0 Å². The molecule has 1 atom stereocenters. The molecule has 1 N–H and O–H groups in total. The summed E-state index contributed by atoms with van der Waals surface area (Å²) in [6.07, 6.45) is -0.399. The lowest BCUT2D eigenvalue weighted by molar-refractivity contribution is -0.143. The van der Waals surface area contributed by atoms with Gasteiger partial charge >= 0.3 is 12.1 Å². The standard InChI is InChI=1S/C11H20FNO4S/c1-11(2,3)17-10(15)13-8(9(14)16-4)5-6-18-7-12/h8H,5-7H2,1-4H3,(H,13,15). The highest BCUT2D eigenvalue weighted by molar-refractivity contribution is 7.99. The molecule has 0 heterocycles. The molecule has 0 saturated carbocycles. The van der Waals surface area contributed by atoms with Crippen LogP contribution in [0.25, 0.3) is 0 Å². The van der Waals surface area contributed by atoms with Crippen molar-refractivity contribution in [1.82, 2.24) is 5.32 Å². The van der Waals surface area contributed by atoms with E-state index in [1.165, 1.54) is 7.11 Å². The van der Waals surface area contributed by atoms with E-state index in [9.17, 15) is 14.0 Å². The minimum absolute atomic E-state index is 0.292. The molecule has 106 valence electrons. The Balaban J connectivity index is 4.31. The fourth-order valence-corrected chi connectivity index (χ4v) is 1.61. The van der Waals surface area contributed by atoms with Crippen LogP contribution < -0.4 is 5.32 Å². The maximum absolute atomic E-state index is 11.9. The van der Waals surface area contributed by atoms with Crippen LogP contribution in [0.1, 0.15) is 27.2 Å². The number of nitrogens with one attached hydrogen (secondary N) is 1. The largest absolute Gasteiger partial charge is 0.467 e. The Morgan fingerprint density at radius 3 is 2.44 bits per heavy atom. The van der Waals surface area contributed by atoms with Crippen LogP contribution in [0.2, 0.25) is 0 Å². The second-order valence-corrected chi connectivity index (χ2v) is 5.56. The van der Waals surface area contributed by atoms with Crippen molar-refractivity contribution in [2.45, 2.75) is 38.8 Å². The summed E-state index contributed by atoms with van der Waals surface area (Å²) in [5.74, 6) is -0.160. The van der Waals surface area contributed by atoms with Crippen LogP contribution in [0.3, 0.4) is 0 Å². The van der Waals surface area contributed by atoms with Crippen LogP contribution >= 0.6 is 11.8 Å². The predicted octanol–water partition coefficient (Wildman–Crippen LogP) is 2.10. The first-order valence-corrected chi connectivity index (χ1v) is 6.66. The Morgan fingerprint density at radius 2 is 2.00 bits per heavy atom. The van der Waals surface area contributed by atoms with Crippen LogP contribution in [-0.2, 0) is 14.3 Å². The van der Waals surface area contributed by atoms with Gasteiger partial charge in [-0.05, 0) is 32.9 Å². The zero-order chi connectivity index (χ0) is 14.2. The summed E-state index contributed by atoms with van der Waals surface area (Å²) >= 11 is 1.04. The minimum atomic E-state index is -0.816. The highest BCUT2D eigenvalue weighted by atomic mass is 32.2. The summed E-state index contributed by atoms with van der Waals surface area (Å²) in [5, 5.41) is 2.41. The van der Waals surface area contributed by atoms with Crippen molar-refractivity contribution >= 4 is 23.8 Å². The summed E-state index contributed by atoms with van der Waals surface area (Å²) in [5.41, 5.74) is -0.640. The van der Waals surface area contributed by atoms with Crippen molar-refractivity contribution in [2.75, 3.05) is 18.9 Å². The topological polar surface area (TPSA) is 64.6 Å². The van der Waals surface area contributed by atoms with Gasteiger partial charge in [-0.1, -0.05) is 0 Å². The number of rotatable bonds is 6. The Morgan fingerprint density at radius 1 is 1.39 bits per heavy atom. The molecule has 0 spiro atoms. The molecule has 0 rings (SSSR count). The lowest BCUT2D eigenvalue weighted by Gasteiger charge is -2.22. The predicted molar refractivity (Wildman–Crippen MR) is 68.2 cm³/mol. The third kappa shape index (κ3) is 8.16.